The maximum atomic E-state index is 12.4. The van der Waals surface area contributed by atoms with Gasteiger partial charge in [-0.15, -0.1) is 16.4 Å². The predicted octanol–water partition coefficient (Wildman–Crippen LogP) is 4.98. The van der Waals surface area contributed by atoms with Crippen molar-refractivity contribution >= 4 is 40.4 Å². The van der Waals surface area contributed by atoms with Crippen molar-refractivity contribution in [3.8, 4) is 27.9 Å². The van der Waals surface area contributed by atoms with E-state index in [0.717, 1.165) is 22.4 Å². The van der Waals surface area contributed by atoms with E-state index < -0.39 is 0 Å². The molecular formula is C24H16Cl2N6O2S. The average Bonchev–Trinajstić information content (AvgIpc) is 3.52. The molecule has 0 spiro atoms. The fourth-order valence-corrected chi connectivity index (χ4v) is 4.68. The number of H-pyrrole nitrogens is 1. The molecule has 0 saturated heterocycles. The van der Waals surface area contributed by atoms with Crippen LogP contribution in [0.4, 0.5) is 0 Å². The molecule has 0 radical (unpaired) electrons. The Morgan fingerprint density at radius 1 is 1.06 bits per heavy atom. The Morgan fingerprint density at radius 3 is 2.69 bits per heavy atom. The van der Waals surface area contributed by atoms with Gasteiger partial charge in [-0.1, -0.05) is 34.5 Å². The first-order chi connectivity index (χ1) is 17.0. The van der Waals surface area contributed by atoms with E-state index in [1.54, 1.807) is 53.6 Å². The van der Waals surface area contributed by atoms with Gasteiger partial charge in [-0.05, 0) is 59.7 Å². The molecule has 4 heterocycles. The number of hydrogen-bond acceptors (Lipinski definition) is 6. The Morgan fingerprint density at radius 2 is 1.91 bits per heavy atom. The zero-order valence-corrected chi connectivity index (χ0v) is 20.2. The number of aromatic amines is 1. The molecule has 0 bridgehead atoms. The van der Waals surface area contributed by atoms with Crippen molar-refractivity contribution in [3.63, 3.8) is 0 Å². The molecule has 0 fully saturated rings. The molecule has 2 N–H and O–H groups in total. The summed E-state index contributed by atoms with van der Waals surface area (Å²) < 4.78 is 2.16. The summed E-state index contributed by atoms with van der Waals surface area (Å²) in [4.78, 5) is 32.0. The molecule has 174 valence electrons. The highest BCUT2D eigenvalue weighted by atomic mass is 35.5. The number of nitrogens with zero attached hydrogens (tertiary/aromatic N) is 4. The number of thiophene rings is 1. The van der Waals surface area contributed by atoms with E-state index in [-0.39, 0.29) is 18.0 Å². The summed E-state index contributed by atoms with van der Waals surface area (Å²) in [6, 6.07) is 16.0. The molecule has 0 aliphatic rings. The first-order valence-corrected chi connectivity index (χ1v) is 11.9. The van der Waals surface area contributed by atoms with E-state index in [4.69, 9.17) is 23.2 Å². The quantitative estimate of drug-likeness (QED) is 0.306. The van der Waals surface area contributed by atoms with E-state index in [0.29, 0.717) is 25.6 Å². The van der Waals surface area contributed by atoms with Crippen LogP contribution in [0, 0.1) is 0 Å². The van der Waals surface area contributed by atoms with E-state index in [1.807, 2.05) is 24.3 Å². The number of carbonyl (C=O) groups excluding carboxylic acids is 1. The van der Waals surface area contributed by atoms with Crippen LogP contribution < -0.4 is 10.9 Å². The number of carbonyl (C=O) groups is 1. The molecule has 35 heavy (non-hydrogen) atoms. The zero-order chi connectivity index (χ0) is 24.4. The normalized spacial score (nSPS) is 10.9. The molecule has 8 nitrogen and oxygen atoms in total. The number of rotatable bonds is 6. The minimum absolute atomic E-state index is 0.190. The van der Waals surface area contributed by atoms with Crippen LogP contribution in [-0.2, 0) is 6.54 Å². The first-order valence-electron chi connectivity index (χ1n) is 10.4. The lowest BCUT2D eigenvalue weighted by Crippen LogP contribution is -2.21. The Kier molecular flexibility index (Phi) is 6.45. The summed E-state index contributed by atoms with van der Waals surface area (Å²) in [5.41, 5.74) is 3.96. The van der Waals surface area contributed by atoms with Gasteiger partial charge in [-0.2, -0.15) is 0 Å². The van der Waals surface area contributed by atoms with Gasteiger partial charge in [-0.25, -0.2) is 9.67 Å². The van der Waals surface area contributed by atoms with Crippen LogP contribution >= 0.6 is 34.5 Å². The second-order valence-electron chi connectivity index (χ2n) is 7.45. The van der Waals surface area contributed by atoms with Gasteiger partial charge in [0.15, 0.2) is 0 Å². The second kappa shape index (κ2) is 9.83. The average molecular weight is 523 g/mol. The third-order valence-corrected chi connectivity index (χ3v) is 6.61. The molecule has 0 aliphatic heterocycles. The Hall–Kier alpha value is -3.79. The number of halogens is 2. The van der Waals surface area contributed by atoms with Crippen molar-refractivity contribution < 1.29 is 4.79 Å². The molecule has 0 saturated carbocycles. The van der Waals surface area contributed by atoms with Crippen molar-refractivity contribution in [3.05, 3.63) is 104 Å². The number of nitrogens with one attached hydrogen (secondary N) is 2. The third-order valence-electron chi connectivity index (χ3n) is 5.18. The smallest absolute Gasteiger partial charge is 0.261 e. The Labute approximate surface area is 213 Å². The minimum Gasteiger partial charge on any atom is -0.346 e. The van der Waals surface area contributed by atoms with Gasteiger partial charge in [0.05, 0.1) is 27.6 Å². The number of amides is 1. The molecule has 11 heteroatoms. The summed E-state index contributed by atoms with van der Waals surface area (Å²) in [5, 5.41) is 11.6. The number of benzene rings is 1. The minimum atomic E-state index is -0.235. The summed E-state index contributed by atoms with van der Waals surface area (Å²) >= 11 is 13.3. The van der Waals surface area contributed by atoms with Crippen LogP contribution in [0.25, 0.3) is 27.9 Å². The summed E-state index contributed by atoms with van der Waals surface area (Å²) in [6.07, 6.45) is 4.94. The number of hydrogen-bond donors (Lipinski definition) is 2. The van der Waals surface area contributed by atoms with E-state index in [9.17, 15) is 9.59 Å². The van der Waals surface area contributed by atoms with E-state index in [2.05, 4.69) is 25.6 Å². The van der Waals surface area contributed by atoms with Crippen molar-refractivity contribution in [1.29, 1.82) is 0 Å². The molecular weight excluding hydrogens is 507 g/mol. The topological polar surface area (TPSA) is 106 Å². The van der Waals surface area contributed by atoms with Crippen molar-refractivity contribution in [2.24, 2.45) is 0 Å². The van der Waals surface area contributed by atoms with Gasteiger partial charge in [0, 0.05) is 23.5 Å². The maximum absolute atomic E-state index is 12.4. The molecule has 4 aromatic heterocycles. The first kappa shape index (κ1) is 23.0. The van der Waals surface area contributed by atoms with Crippen molar-refractivity contribution in [1.82, 2.24) is 30.3 Å². The number of pyridine rings is 2. The Bertz CT molecular complexity index is 1590. The standard InChI is InChI=1S/C24H16Cl2N6O2S/c25-21-11-15(7-9-27-21)18-10-14(17-2-1-8-28-23(17)33)3-4-19(18)32-13-16(30-31-32)12-29-24(34)20-5-6-22(26)35-20/h1-11,13H,12H2,(H,28,33)(H,29,34). The molecule has 0 aliphatic carbocycles. The lowest BCUT2D eigenvalue weighted by molar-refractivity contribution is 0.0954. The van der Waals surface area contributed by atoms with Gasteiger partial charge in [0.1, 0.15) is 10.8 Å². The van der Waals surface area contributed by atoms with Crippen LogP contribution in [0.15, 0.2) is 78.0 Å². The molecule has 0 atom stereocenters. The van der Waals surface area contributed by atoms with Gasteiger partial charge >= 0.3 is 0 Å². The lowest BCUT2D eigenvalue weighted by Gasteiger charge is -2.12. The molecule has 1 aromatic carbocycles. The fourth-order valence-electron chi connectivity index (χ4n) is 3.54. The molecule has 5 aromatic rings. The highest BCUT2D eigenvalue weighted by molar-refractivity contribution is 7.18. The SMILES string of the molecule is O=C(NCc1cn(-c2ccc(-c3ccc[nH]c3=O)cc2-c2ccnc(Cl)c2)nn1)c1ccc(Cl)s1. The molecule has 1 amide bonds. The lowest BCUT2D eigenvalue weighted by atomic mass is 9.98. The largest absolute Gasteiger partial charge is 0.346 e. The third kappa shape index (κ3) is 5.02. The highest BCUT2D eigenvalue weighted by Crippen LogP contribution is 2.31. The zero-order valence-electron chi connectivity index (χ0n) is 17.9. The fraction of sp³-hybridized carbons (Fsp3) is 0.0417. The maximum Gasteiger partial charge on any atom is 0.261 e. The van der Waals surface area contributed by atoms with Crippen molar-refractivity contribution in [2.45, 2.75) is 6.54 Å². The number of aromatic nitrogens is 5. The van der Waals surface area contributed by atoms with Crippen LogP contribution in [0.5, 0.6) is 0 Å². The van der Waals surface area contributed by atoms with Crippen LogP contribution in [0.3, 0.4) is 0 Å². The molecule has 0 unspecified atom stereocenters. The predicted molar refractivity (Wildman–Crippen MR) is 136 cm³/mol. The summed E-state index contributed by atoms with van der Waals surface area (Å²) in [7, 11) is 0. The summed E-state index contributed by atoms with van der Waals surface area (Å²) in [6.45, 7) is 0.197. The summed E-state index contributed by atoms with van der Waals surface area (Å²) in [5.74, 6) is -0.235. The monoisotopic (exact) mass is 522 g/mol. The van der Waals surface area contributed by atoms with Gasteiger partial charge in [0.25, 0.3) is 11.5 Å². The highest BCUT2D eigenvalue weighted by Gasteiger charge is 2.15. The van der Waals surface area contributed by atoms with E-state index >= 15 is 0 Å². The Balaban J connectivity index is 1.48. The van der Waals surface area contributed by atoms with Crippen LogP contribution in [0.1, 0.15) is 15.4 Å². The van der Waals surface area contributed by atoms with Crippen LogP contribution in [0.2, 0.25) is 9.49 Å². The van der Waals surface area contributed by atoms with E-state index in [1.165, 1.54) is 11.3 Å². The van der Waals surface area contributed by atoms with Crippen molar-refractivity contribution in [2.75, 3.05) is 0 Å². The van der Waals surface area contributed by atoms with Gasteiger partial charge in [-0.3, -0.25) is 9.59 Å². The van der Waals surface area contributed by atoms with Gasteiger partial charge < -0.3 is 10.3 Å². The molecule has 5 rings (SSSR count). The second-order valence-corrected chi connectivity index (χ2v) is 9.56. The van der Waals surface area contributed by atoms with Crippen LogP contribution in [-0.4, -0.2) is 30.9 Å². The van der Waals surface area contributed by atoms with Gasteiger partial charge in [0.2, 0.25) is 0 Å².